The maximum absolute atomic E-state index is 10.5. The van der Waals surface area contributed by atoms with Crippen molar-refractivity contribution in [3.05, 3.63) is 30.5 Å². The fourth-order valence-electron chi connectivity index (χ4n) is 1.71. The van der Waals surface area contributed by atoms with Crippen LogP contribution in [0.5, 0.6) is 5.75 Å². The van der Waals surface area contributed by atoms with E-state index in [1.807, 2.05) is 24.3 Å². The number of pyridine rings is 1. The number of hydrogen-bond donors (Lipinski definition) is 2. The lowest BCUT2D eigenvalue weighted by Gasteiger charge is -2.08. The highest BCUT2D eigenvalue weighted by Gasteiger charge is 2.04. The molecule has 2 aromatic rings. The fraction of sp³-hybridized carbons (Fsp3) is 0.231. The average molecular weight is 246 g/mol. The SMILES string of the molecule is COc1ccc2c(NCCC(=O)O)nccc2c1. The van der Waals surface area contributed by atoms with E-state index in [9.17, 15) is 4.79 Å². The Kier molecular flexibility index (Phi) is 3.62. The molecule has 0 unspecified atom stereocenters. The fourth-order valence-corrected chi connectivity index (χ4v) is 1.71. The van der Waals surface area contributed by atoms with Crippen molar-refractivity contribution in [1.82, 2.24) is 4.98 Å². The molecule has 0 bridgehead atoms. The summed E-state index contributed by atoms with van der Waals surface area (Å²) in [7, 11) is 1.62. The third kappa shape index (κ3) is 2.68. The summed E-state index contributed by atoms with van der Waals surface area (Å²) in [4.78, 5) is 14.7. The molecule has 18 heavy (non-hydrogen) atoms. The van der Waals surface area contributed by atoms with Crippen molar-refractivity contribution in [2.75, 3.05) is 19.0 Å². The summed E-state index contributed by atoms with van der Waals surface area (Å²) in [6.07, 6.45) is 1.75. The van der Waals surface area contributed by atoms with Gasteiger partial charge in [-0.2, -0.15) is 0 Å². The van der Waals surface area contributed by atoms with Gasteiger partial charge >= 0.3 is 5.97 Å². The topological polar surface area (TPSA) is 71.5 Å². The third-order valence-electron chi connectivity index (χ3n) is 2.60. The lowest BCUT2D eigenvalue weighted by atomic mass is 10.1. The molecular weight excluding hydrogens is 232 g/mol. The van der Waals surface area contributed by atoms with Gasteiger partial charge in [0.25, 0.3) is 0 Å². The Hall–Kier alpha value is -2.30. The highest BCUT2D eigenvalue weighted by Crippen LogP contribution is 2.25. The highest BCUT2D eigenvalue weighted by atomic mass is 16.5. The molecule has 5 nitrogen and oxygen atoms in total. The Morgan fingerprint density at radius 2 is 2.28 bits per heavy atom. The molecule has 0 saturated carbocycles. The minimum Gasteiger partial charge on any atom is -0.497 e. The van der Waals surface area contributed by atoms with Gasteiger partial charge in [0.15, 0.2) is 0 Å². The Balaban J connectivity index is 2.25. The average Bonchev–Trinajstić information content (AvgIpc) is 2.38. The van der Waals surface area contributed by atoms with Gasteiger partial charge in [0.1, 0.15) is 11.6 Å². The molecule has 1 aromatic heterocycles. The molecule has 0 radical (unpaired) electrons. The number of carboxylic acids is 1. The standard InChI is InChI=1S/C13H14N2O3/c1-18-10-2-3-11-9(8-10)4-6-14-13(11)15-7-5-12(16)17/h2-4,6,8H,5,7H2,1H3,(H,14,15)(H,16,17). The van der Waals surface area contributed by atoms with Crippen LogP contribution in [-0.4, -0.2) is 29.7 Å². The predicted octanol–water partition coefficient (Wildman–Crippen LogP) is 2.13. The van der Waals surface area contributed by atoms with E-state index in [1.165, 1.54) is 0 Å². The second kappa shape index (κ2) is 5.35. The van der Waals surface area contributed by atoms with Gasteiger partial charge < -0.3 is 15.2 Å². The van der Waals surface area contributed by atoms with Crippen LogP contribution in [0.15, 0.2) is 30.5 Å². The first kappa shape index (κ1) is 12.2. The van der Waals surface area contributed by atoms with Gasteiger partial charge in [-0.15, -0.1) is 0 Å². The normalized spacial score (nSPS) is 10.3. The summed E-state index contributed by atoms with van der Waals surface area (Å²) in [5.74, 6) is 0.644. The van der Waals surface area contributed by atoms with Gasteiger partial charge in [-0.3, -0.25) is 4.79 Å². The summed E-state index contributed by atoms with van der Waals surface area (Å²) < 4.78 is 5.16. The van der Waals surface area contributed by atoms with Crippen LogP contribution in [0, 0.1) is 0 Å². The van der Waals surface area contributed by atoms with E-state index in [0.717, 1.165) is 16.5 Å². The molecule has 0 atom stereocenters. The van der Waals surface area contributed by atoms with E-state index in [4.69, 9.17) is 9.84 Å². The number of nitrogens with zero attached hydrogens (tertiary/aromatic N) is 1. The van der Waals surface area contributed by atoms with Crippen LogP contribution < -0.4 is 10.1 Å². The predicted molar refractivity (Wildman–Crippen MR) is 69.0 cm³/mol. The van der Waals surface area contributed by atoms with E-state index in [2.05, 4.69) is 10.3 Å². The summed E-state index contributed by atoms with van der Waals surface area (Å²) in [6.45, 7) is 0.355. The molecule has 94 valence electrons. The van der Waals surface area contributed by atoms with Crippen LogP contribution in [0.1, 0.15) is 6.42 Å². The van der Waals surface area contributed by atoms with Gasteiger partial charge in [-0.25, -0.2) is 4.98 Å². The molecule has 0 fully saturated rings. The number of aliphatic carboxylic acids is 1. The number of benzene rings is 1. The maximum Gasteiger partial charge on any atom is 0.305 e. The first-order valence-corrected chi connectivity index (χ1v) is 5.59. The monoisotopic (exact) mass is 246 g/mol. The number of anilines is 1. The Morgan fingerprint density at radius 1 is 1.44 bits per heavy atom. The van der Waals surface area contributed by atoms with Crippen molar-refractivity contribution in [2.45, 2.75) is 6.42 Å². The van der Waals surface area contributed by atoms with Crippen molar-refractivity contribution in [2.24, 2.45) is 0 Å². The van der Waals surface area contributed by atoms with Crippen LogP contribution in [0.25, 0.3) is 10.8 Å². The Morgan fingerprint density at radius 3 is 3.00 bits per heavy atom. The Bertz CT molecular complexity index is 569. The zero-order chi connectivity index (χ0) is 13.0. The first-order valence-electron chi connectivity index (χ1n) is 5.59. The molecule has 2 rings (SSSR count). The van der Waals surface area contributed by atoms with E-state index in [0.29, 0.717) is 12.4 Å². The van der Waals surface area contributed by atoms with E-state index in [1.54, 1.807) is 13.3 Å². The molecule has 0 aliphatic heterocycles. The van der Waals surface area contributed by atoms with Crippen molar-refractivity contribution >= 4 is 22.6 Å². The molecule has 0 aliphatic carbocycles. The summed E-state index contributed by atoms with van der Waals surface area (Å²) >= 11 is 0. The third-order valence-corrected chi connectivity index (χ3v) is 2.60. The first-order chi connectivity index (χ1) is 8.70. The lowest BCUT2D eigenvalue weighted by Crippen LogP contribution is -2.08. The minimum absolute atomic E-state index is 0.0637. The molecule has 1 heterocycles. The molecule has 0 spiro atoms. The Labute approximate surface area is 104 Å². The van der Waals surface area contributed by atoms with Gasteiger partial charge in [0.2, 0.25) is 0 Å². The van der Waals surface area contributed by atoms with E-state index < -0.39 is 5.97 Å². The van der Waals surface area contributed by atoms with Crippen molar-refractivity contribution in [3.8, 4) is 5.75 Å². The van der Waals surface area contributed by atoms with Gasteiger partial charge in [0, 0.05) is 18.1 Å². The van der Waals surface area contributed by atoms with Crippen molar-refractivity contribution in [1.29, 1.82) is 0 Å². The number of methoxy groups -OCH3 is 1. The number of carbonyl (C=O) groups is 1. The molecule has 5 heteroatoms. The van der Waals surface area contributed by atoms with Crippen molar-refractivity contribution < 1.29 is 14.6 Å². The van der Waals surface area contributed by atoms with Crippen molar-refractivity contribution in [3.63, 3.8) is 0 Å². The second-order valence-corrected chi connectivity index (χ2v) is 3.82. The number of aromatic nitrogens is 1. The maximum atomic E-state index is 10.5. The number of ether oxygens (including phenoxy) is 1. The van der Waals surface area contributed by atoms with Gasteiger partial charge in [-0.1, -0.05) is 0 Å². The summed E-state index contributed by atoms with van der Waals surface area (Å²) in [5.41, 5.74) is 0. The van der Waals surface area contributed by atoms with Crippen LogP contribution in [-0.2, 0) is 4.79 Å². The van der Waals surface area contributed by atoms with Crippen LogP contribution in [0.3, 0.4) is 0 Å². The zero-order valence-corrected chi connectivity index (χ0v) is 10.0. The zero-order valence-electron chi connectivity index (χ0n) is 10.0. The van der Waals surface area contributed by atoms with Gasteiger partial charge in [-0.05, 0) is 29.7 Å². The highest BCUT2D eigenvalue weighted by molar-refractivity contribution is 5.92. The number of hydrogen-bond acceptors (Lipinski definition) is 4. The number of fused-ring (bicyclic) bond motifs is 1. The largest absolute Gasteiger partial charge is 0.497 e. The number of nitrogens with one attached hydrogen (secondary N) is 1. The van der Waals surface area contributed by atoms with Crippen LogP contribution >= 0.6 is 0 Å². The van der Waals surface area contributed by atoms with Gasteiger partial charge in [0.05, 0.1) is 13.5 Å². The number of rotatable bonds is 5. The second-order valence-electron chi connectivity index (χ2n) is 3.82. The van der Waals surface area contributed by atoms with Crippen LogP contribution in [0.2, 0.25) is 0 Å². The molecule has 0 amide bonds. The van der Waals surface area contributed by atoms with E-state index >= 15 is 0 Å². The molecule has 0 saturated heterocycles. The van der Waals surface area contributed by atoms with Crippen LogP contribution in [0.4, 0.5) is 5.82 Å². The molecule has 2 N–H and O–H groups in total. The molecule has 0 aliphatic rings. The summed E-state index contributed by atoms with van der Waals surface area (Å²) in [6, 6.07) is 7.57. The van der Waals surface area contributed by atoms with E-state index in [-0.39, 0.29) is 6.42 Å². The quantitative estimate of drug-likeness (QED) is 0.845. The lowest BCUT2D eigenvalue weighted by molar-refractivity contribution is -0.136. The smallest absolute Gasteiger partial charge is 0.305 e. The molecular formula is C13H14N2O3. The minimum atomic E-state index is -0.829. The summed E-state index contributed by atoms with van der Waals surface area (Å²) in [5, 5.41) is 13.6. The number of carboxylic acid groups (broad SMARTS) is 1. The molecule has 1 aromatic carbocycles.